The lowest BCUT2D eigenvalue weighted by Gasteiger charge is -2.09. The molecule has 2 N–H and O–H groups in total. The quantitative estimate of drug-likeness (QED) is 0.167. The highest BCUT2D eigenvalue weighted by Crippen LogP contribution is 2.22. The smallest absolute Gasteiger partial charge is 0.276 e. The van der Waals surface area contributed by atoms with E-state index >= 15 is 0 Å². The maximum absolute atomic E-state index is 12.7. The van der Waals surface area contributed by atoms with Crippen molar-refractivity contribution < 1.29 is 24.0 Å². The Hall–Kier alpha value is -5.51. The standard InChI is InChI=1S/C29H24N4O6/c1-38-25-15-13-20(14-16-25)28(34)31-24-10-6-9-21(17-24)29(35)32-30-18-22-7-3-5-12-27(22)39-19-23-8-2-4-11-26(23)33(36)37/h2-18H,19H2,1H3,(H,31,34)(H,32,35)/b30-18-. The van der Waals surface area contributed by atoms with E-state index in [9.17, 15) is 19.7 Å². The minimum Gasteiger partial charge on any atom is -0.497 e. The lowest BCUT2D eigenvalue weighted by molar-refractivity contribution is -0.385. The van der Waals surface area contributed by atoms with Gasteiger partial charge in [0.2, 0.25) is 0 Å². The summed E-state index contributed by atoms with van der Waals surface area (Å²) in [7, 11) is 1.55. The summed E-state index contributed by atoms with van der Waals surface area (Å²) < 4.78 is 10.9. The Morgan fingerprint density at radius 1 is 0.897 bits per heavy atom. The predicted molar refractivity (Wildman–Crippen MR) is 146 cm³/mol. The van der Waals surface area contributed by atoms with E-state index in [1.54, 1.807) is 92.0 Å². The summed E-state index contributed by atoms with van der Waals surface area (Å²) in [5, 5.41) is 18.0. The molecule has 0 aliphatic rings. The molecule has 4 aromatic carbocycles. The van der Waals surface area contributed by atoms with Crippen LogP contribution in [0.2, 0.25) is 0 Å². The van der Waals surface area contributed by atoms with Crippen LogP contribution in [0, 0.1) is 10.1 Å². The Kier molecular flexibility index (Phi) is 8.60. The molecule has 0 aliphatic heterocycles. The number of rotatable bonds is 10. The van der Waals surface area contributed by atoms with Crippen molar-refractivity contribution in [2.24, 2.45) is 5.10 Å². The number of nitro groups is 1. The van der Waals surface area contributed by atoms with E-state index in [2.05, 4.69) is 15.8 Å². The topological polar surface area (TPSA) is 132 Å². The first-order chi connectivity index (χ1) is 18.9. The number of carbonyl (C=O) groups excluding carboxylic acids is 2. The van der Waals surface area contributed by atoms with Crippen LogP contribution in [0.25, 0.3) is 0 Å². The van der Waals surface area contributed by atoms with Gasteiger partial charge in [-0.25, -0.2) is 5.43 Å². The first-order valence-electron chi connectivity index (χ1n) is 11.8. The number of hydrogen-bond acceptors (Lipinski definition) is 7. The second kappa shape index (κ2) is 12.6. The van der Waals surface area contributed by atoms with Crippen LogP contribution in [-0.2, 0) is 6.61 Å². The van der Waals surface area contributed by atoms with Gasteiger partial charge in [0.15, 0.2) is 0 Å². The van der Waals surface area contributed by atoms with Crippen molar-refractivity contribution in [3.63, 3.8) is 0 Å². The van der Waals surface area contributed by atoms with Gasteiger partial charge < -0.3 is 14.8 Å². The number of para-hydroxylation sites is 2. The molecule has 2 amide bonds. The number of amides is 2. The Labute approximate surface area is 224 Å². The molecule has 0 aliphatic carbocycles. The molecule has 0 aromatic heterocycles. The van der Waals surface area contributed by atoms with Gasteiger partial charge in [0.05, 0.1) is 23.8 Å². The zero-order valence-corrected chi connectivity index (χ0v) is 20.9. The molecule has 10 heteroatoms. The first-order valence-corrected chi connectivity index (χ1v) is 11.8. The van der Waals surface area contributed by atoms with Gasteiger partial charge in [0.25, 0.3) is 17.5 Å². The maximum atomic E-state index is 12.7. The summed E-state index contributed by atoms with van der Waals surface area (Å²) in [6.45, 7) is -0.0105. The van der Waals surface area contributed by atoms with Gasteiger partial charge in [0.1, 0.15) is 18.1 Å². The Morgan fingerprint density at radius 2 is 1.64 bits per heavy atom. The van der Waals surface area contributed by atoms with E-state index in [-0.39, 0.29) is 18.2 Å². The van der Waals surface area contributed by atoms with Gasteiger partial charge in [-0.2, -0.15) is 5.10 Å². The van der Waals surface area contributed by atoms with Gasteiger partial charge in [-0.15, -0.1) is 0 Å². The zero-order chi connectivity index (χ0) is 27.6. The third kappa shape index (κ3) is 7.04. The lowest BCUT2D eigenvalue weighted by atomic mass is 10.1. The summed E-state index contributed by atoms with van der Waals surface area (Å²) in [6.07, 6.45) is 1.42. The lowest BCUT2D eigenvalue weighted by Crippen LogP contribution is -2.18. The minimum absolute atomic E-state index is 0.0105. The van der Waals surface area contributed by atoms with E-state index < -0.39 is 10.8 Å². The summed E-state index contributed by atoms with van der Waals surface area (Å²) in [5.41, 5.74) is 4.61. The molecule has 4 rings (SSSR count). The summed E-state index contributed by atoms with van der Waals surface area (Å²) in [5.74, 6) is 0.271. The van der Waals surface area contributed by atoms with Crippen molar-refractivity contribution in [2.75, 3.05) is 12.4 Å². The molecule has 196 valence electrons. The van der Waals surface area contributed by atoms with Crippen LogP contribution >= 0.6 is 0 Å². The van der Waals surface area contributed by atoms with Crippen molar-refractivity contribution in [3.8, 4) is 11.5 Å². The Morgan fingerprint density at radius 3 is 2.41 bits per heavy atom. The predicted octanol–water partition coefficient (Wildman–Crippen LogP) is 5.20. The molecule has 0 saturated heterocycles. The third-order valence-electron chi connectivity index (χ3n) is 5.60. The molecule has 0 saturated carbocycles. The van der Waals surface area contributed by atoms with Gasteiger partial charge in [0, 0.05) is 28.4 Å². The van der Waals surface area contributed by atoms with E-state index in [0.29, 0.717) is 39.4 Å². The van der Waals surface area contributed by atoms with Crippen molar-refractivity contribution in [2.45, 2.75) is 6.61 Å². The fourth-order valence-electron chi connectivity index (χ4n) is 3.59. The van der Waals surface area contributed by atoms with E-state index in [4.69, 9.17) is 9.47 Å². The first kappa shape index (κ1) is 26.6. The van der Waals surface area contributed by atoms with E-state index in [1.807, 2.05) is 0 Å². The molecule has 0 radical (unpaired) electrons. The number of hydrazone groups is 1. The molecule has 0 spiro atoms. The van der Waals surface area contributed by atoms with Gasteiger partial charge in [-0.3, -0.25) is 19.7 Å². The number of nitro benzene ring substituents is 1. The van der Waals surface area contributed by atoms with Gasteiger partial charge in [-0.05, 0) is 60.7 Å². The number of nitrogens with one attached hydrogen (secondary N) is 2. The second-order valence-corrected chi connectivity index (χ2v) is 8.17. The van der Waals surface area contributed by atoms with Crippen LogP contribution in [0.4, 0.5) is 11.4 Å². The highest BCUT2D eigenvalue weighted by atomic mass is 16.6. The monoisotopic (exact) mass is 524 g/mol. The summed E-state index contributed by atoms with van der Waals surface area (Å²) in [6, 6.07) is 26.4. The molecule has 0 heterocycles. The van der Waals surface area contributed by atoms with Crippen LogP contribution in [-0.4, -0.2) is 30.1 Å². The van der Waals surface area contributed by atoms with Gasteiger partial charge >= 0.3 is 0 Å². The molecular formula is C29H24N4O6. The van der Waals surface area contributed by atoms with E-state index in [1.165, 1.54) is 18.3 Å². The molecule has 4 aromatic rings. The average Bonchev–Trinajstić information content (AvgIpc) is 2.96. The molecule has 0 unspecified atom stereocenters. The SMILES string of the molecule is COc1ccc(C(=O)Nc2cccc(C(=O)N/N=C\c3ccccc3OCc3ccccc3[N+](=O)[O-])c2)cc1. The molecule has 39 heavy (non-hydrogen) atoms. The number of nitrogens with zero attached hydrogens (tertiary/aromatic N) is 2. The van der Waals surface area contributed by atoms with Crippen molar-refractivity contribution in [1.29, 1.82) is 0 Å². The molecule has 10 nitrogen and oxygen atoms in total. The Bertz CT molecular complexity index is 1520. The van der Waals surface area contributed by atoms with Gasteiger partial charge in [-0.1, -0.05) is 30.3 Å². The van der Waals surface area contributed by atoms with Crippen LogP contribution in [0.15, 0.2) is 102 Å². The van der Waals surface area contributed by atoms with E-state index in [0.717, 1.165) is 0 Å². The number of methoxy groups -OCH3 is 1. The summed E-state index contributed by atoms with van der Waals surface area (Å²) >= 11 is 0. The highest BCUT2D eigenvalue weighted by molar-refractivity contribution is 6.05. The zero-order valence-electron chi connectivity index (χ0n) is 20.9. The number of hydrogen-bond donors (Lipinski definition) is 2. The van der Waals surface area contributed by atoms with Crippen LogP contribution in [0.5, 0.6) is 11.5 Å². The fraction of sp³-hybridized carbons (Fsp3) is 0.0690. The van der Waals surface area contributed by atoms with Crippen LogP contribution in [0.1, 0.15) is 31.8 Å². The molecular weight excluding hydrogens is 500 g/mol. The molecule has 0 bridgehead atoms. The van der Waals surface area contributed by atoms with Crippen molar-refractivity contribution >= 4 is 29.4 Å². The number of ether oxygens (including phenoxy) is 2. The highest BCUT2D eigenvalue weighted by Gasteiger charge is 2.13. The normalized spacial score (nSPS) is 10.6. The maximum Gasteiger partial charge on any atom is 0.276 e. The number of carbonyl (C=O) groups is 2. The van der Waals surface area contributed by atoms with Crippen LogP contribution < -0.4 is 20.2 Å². The molecule has 0 atom stereocenters. The summed E-state index contributed by atoms with van der Waals surface area (Å²) in [4.78, 5) is 36.0. The number of anilines is 1. The van der Waals surface area contributed by atoms with Crippen molar-refractivity contribution in [1.82, 2.24) is 5.43 Å². The minimum atomic E-state index is -0.481. The average molecular weight is 525 g/mol. The fourth-order valence-corrected chi connectivity index (χ4v) is 3.59. The third-order valence-corrected chi connectivity index (χ3v) is 5.60. The Balaban J connectivity index is 1.38. The van der Waals surface area contributed by atoms with Crippen LogP contribution in [0.3, 0.4) is 0 Å². The largest absolute Gasteiger partial charge is 0.497 e. The second-order valence-electron chi connectivity index (χ2n) is 8.17. The number of benzene rings is 4. The van der Waals surface area contributed by atoms with Crippen molar-refractivity contribution in [3.05, 3.63) is 129 Å². The molecule has 0 fully saturated rings.